The second kappa shape index (κ2) is 21.5. The molecule has 20 heteroatoms. The Morgan fingerprint density at radius 1 is 0.831 bits per heavy atom. The number of aliphatic imine (C=N–C) groups is 1. The molecule has 2 aromatic carbocycles. The fourth-order valence-electron chi connectivity index (χ4n) is 6.54. The molecular weight excluding hydrogens is 768 g/mol. The summed E-state index contributed by atoms with van der Waals surface area (Å²) >= 11 is 0. The standard InChI is InChI=1S/C39H50N10O10/c1-21(2)14-31(37(56)57)49-36(55)30(16-33(51)52)48-35(54)29(15-22-17-42-20-45-22)47-34(53)28(12-7-13-43-38(40)41)46-32(50)18-44-39(58)59-19-27-25-10-5-3-8-23(25)24-9-4-6-11-26(24)27/h3-6,8-11,17,20-21,27-31H,7,12-16,18-19H2,1-2H3,(H,42,45)(H,44,58)(H,46,50)(H,47,53)(H,48,54)(H,49,55)(H,51,52)(H,56,57)(H4,40,41,43). The van der Waals surface area contributed by atoms with Gasteiger partial charge in [0, 0.05) is 30.8 Å². The first-order valence-electron chi connectivity index (χ1n) is 18.9. The van der Waals surface area contributed by atoms with Gasteiger partial charge in [-0.1, -0.05) is 62.4 Å². The molecule has 12 N–H and O–H groups in total. The number of aliphatic carboxylic acids is 2. The molecule has 0 spiro atoms. The first-order valence-corrected chi connectivity index (χ1v) is 18.9. The Kier molecular flexibility index (Phi) is 16.3. The number of carboxylic acid groups (broad SMARTS) is 2. The number of H-pyrrole nitrogens is 1. The molecule has 0 aliphatic heterocycles. The van der Waals surface area contributed by atoms with Crippen molar-refractivity contribution in [1.29, 1.82) is 0 Å². The molecule has 4 atom stereocenters. The van der Waals surface area contributed by atoms with Crippen LogP contribution in [0.1, 0.15) is 62.3 Å². The van der Waals surface area contributed by atoms with Crippen LogP contribution in [0.15, 0.2) is 66.0 Å². The van der Waals surface area contributed by atoms with Crippen LogP contribution in [0.2, 0.25) is 0 Å². The van der Waals surface area contributed by atoms with Gasteiger partial charge in [0.25, 0.3) is 0 Å². The monoisotopic (exact) mass is 818 g/mol. The summed E-state index contributed by atoms with van der Waals surface area (Å²) in [5.74, 6) is -7.06. The number of nitrogens with two attached hydrogens (primary N) is 2. The Hall–Kier alpha value is -6.99. The van der Waals surface area contributed by atoms with Gasteiger partial charge in [-0.3, -0.25) is 29.0 Å². The zero-order valence-corrected chi connectivity index (χ0v) is 32.6. The number of benzene rings is 2. The van der Waals surface area contributed by atoms with Crippen molar-refractivity contribution in [2.45, 2.75) is 76.0 Å². The van der Waals surface area contributed by atoms with Gasteiger partial charge in [-0.05, 0) is 47.4 Å². The van der Waals surface area contributed by atoms with E-state index in [1.807, 2.05) is 48.5 Å². The number of nitrogens with zero attached hydrogens (tertiary/aromatic N) is 2. The topological polar surface area (TPSA) is 322 Å². The second-order valence-electron chi connectivity index (χ2n) is 14.3. The number of amides is 5. The Bertz CT molecular complexity index is 1960. The van der Waals surface area contributed by atoms with E-state index in [9.17, 15) is 43.8 Å². The lowest BCUT2D eigenvalue weighted by Gasteiger charge is -2.25. The minimum absolute atomic E-state index is 0.00412. The predicted molar refractivity (Wildman–Crippen MR) is 212 cm³/mol. The highest BCUT2D eigenvalue weighted by Crippen LogP contribution is 2.44. The van der Waals surface area contributed by atoms with E-state index in [0.29, 0.717) is 5.69 Å². The summed E-state index contributed by atoms with van der Waals surface area (Å²) < 4.78 is 5.50. The lowest BCUT2D eigenvalue weighted by atomic mass is 9.98. The lowest BCUT2D eigenvalue weighted by molar-refractivity contribution is -0.144. The Balaban J connectivity index is 1.43. The minimum atomic E-state index is -1.73. The number of carbonyl (C=O) groups is 7. The van der Waals surface area contributed by atoms with Gasteiger partial charge in [0.1, 0.15) is 37.3 Å². The summed E-state index contributed by atoms with van der Waals surface area (Å²) in [7, 11) is 0. The molecule has 0 radical (unpaired) electrons. The number of imidazole rings is 1. The maximum Gasteiger partial charge on any atom is 0.407 e. The molecule has 1 heterocycles. The third-order valence-electron chi connectivity index (χ3n) is 9.28. The van der Waals surface area contributed by atoms with Crippen molar-refractivity contribution < 1.29 is 48.5 Å². The van der Waals surface area contributed by atoms with Crippen molar-refractivity contribution in [2.24, 2.45) is 22.4 Å². The first kappa shape index (κ1) is 44.7. The van der Waals surface area contributed by atoms with E-state index < -0.39 is 78.8 Å². The maximum absolute atomic E-state index is 13.8. The van der Waals surface area contributed by atoms with Gasteiger partial charge in [0.2, 0.25) is 23.6 Å². The average Bonchev–Trinajstić information content (AvgIpc) is 3.82. The number of carbonyl (C=O) groups excluding carboxylic acids is 5. The molecule has 4 rings (SSSR count). The van der Waals surface area contributed by atoms with Crippen LogP contribution < -0.4 is 38.1 Å². The molecule has 1 aliphatic rings. The normalized spacial score (nSPS) is 13.7. The van der Waals surface area contributed by atoms with E-state index in [1.165, 1.54) is 12.5 Å². The Labute approximate surface area is 339 Å². The van der Waals surface area contributed by atoms with E-state index in [1.54, 1.807) is 13.8 Å². The zero-order chi connectivity index (χ0) is 43.1. The summed E-state index contributed by atoms with van der Waals surface area (Å²) in [4.78, 5) is 101. The van der Waals surface area contributed by atoms with Crippen molar-refractivity contribution in [3.8, 4) is 11.1 Å². The van der Waals surface area contributed by atoms with E-state index >= 15 is 0 Å². The van der Waals surface area contributed by atoms with E-state index in [-0.39, 0.29) is 56.6 Å². The van der Waals surface area contributed by atoms with Crippen LogP contribution in [0.5, 0.6) is 0 Å². The summed E-state index contributed by atoms with van der Waals surface area (Å²) in [6, 6.07) is 9.74. The van der Waals surface area contributed by atoms with Gasteiger partial charge in [-0.2, -0.15) is 0 Å². The van der Waals surface area contributed by atoms with Gasteiger partial charge in [0.15, 0.2) is 5.96 Å². The number of aromatic nitrogens is 2. The van der Waals surface area contributed by atoms with E-state index in [4.69, 9.17) is 16.2 Å². The molecule has 316 valence electrons. The number of hydrogen-bond acceptors (Lipinski definition) is 10. The Morgan fingerprint density at radius 2 is 1.42 bits per heavy atom. The van der Waals surface area contributed by atoms with Crippen molar-refractivity contribution >= 4 is 47.6 Å². The summed E-state index contributed by atoms with van der Waals surface area (Å²) in [6.07, 6.45) is 0.892. The zero-order valence-electron chi connectivity index (χ0n) is 32.6. The highest BCUT2D eigenvalue weighted by Gasteiger charge is 2.33. The molecule has 1 aliphatic carbocycles. The van der Waals surface area contributed by atoms with Gasteiger partial charge >= 0.3 is 18.0 Å². The molecule has 0 saturated carbocycles. The van der Waals surface area contributed by atoms with E-state index in [0.717, 1.165) is 22.3 Å². The SMILES string of the molecule is CC(C)CC(NC(=O)C(CC(=O)O)NC(=O)C(Cc1cnc[nH]1)NC(=O)C(CCCN=C(N)N)NC(=O)CNC(=O)OCC1c2ccccc2-c2ccccc21)C(=O)O. The third kappa shape index (κ3) is 13.6. The van der Waals surface area contributed by atoms with E-state index in [2.05, 4.69) is 41.5 Å². The van der Waals surface area contributed by atoms with Gasteiger partial charge in [-0.25, -0.2) is 14.6 Å². The molecular formula is C39H50N10O10. The van der Waals surface area contributed by atoms with Crippen molar-refractivity contribution in [3.05, 3.63) is 77.9 Å². The molecule has 1 aromatic heterocycles. The third-order valence-corrected chi connectivity index (χ3v) is 9.28. The molecule has 0 saturated heterocycles. The number of aromatic amines is 1. The van der Waals surface area contributed by atoms with Crippen LogP contribution in [0.4, 0.5) is 4.79 Å². The maximum atomic E-state index is 13.8. The number of hydrogen-bond donors (Lipinski definition) is 10. The fourth-order valence-corrected chi connectivity index (χ4v) is 6.54. The summed E-state index contributed by atoms with van der Waals surface area (Å²) in [5.41, 5.74) is 15.3. The van der Waals surface area contributed by atoms with Crippen LogP contribution in [0, 0.1) is 5.92 Å². The largest absolute Gasteiger partial charge is 0.481 e. The number of carboxylic acids is 2. The molecule has 0 bridgehead atoms. The predicted octanol–water partition coefficient (Wildman–Crippen LogP) is 0.0891. The average molecular weight is 819 g/mol. The molecule has 0 fully saturated rings. The summed E-state index contributed by atoms with van der Waals surface area (Å²) in [5, 5.41) is 31.2. The summed E-state index contributed by atoms with van der Waals surface area (Å²) in [6.45, 7) is 2.98. The van der Waals surface area contributed by atoms with Crippen LogP contribution in [-0.2, 0) is 39.9 Å². The highest BCUT2D eigenvalue weighted by atomic mass is 16.5. The number of fused-ring (bicyclic) bond motifs is 3. The molecule has 5 amide bonds. The van der Waals surface area contributed by atoms with Crippen LogP contribution >= 0.6 is 0 Å². The van der Waals surface area contributed by atoms with Crippen LogP contribution in [0.25, 0.3) is 11.1 Å². The molecule has 3 aromatic rings. The van der Waals surface area contributed by atoms with Crippen molar-refractivity contribution in [2.75, 3.05) is 19.7 Å². The second-order valence-corrected chi connectivity index (χ2v) is 14.3. The molecule has 4 unspecified atom stereocenters. The molecule has 20 nitrogen and oxygen atoms in total. The Morgan fingerprint density at radius 3 is 2.00 bits per heavy atom. The number of nitrogens with one attached hydrogen (secondary N) is 6. The first-order chi connectivity index (χ1) is 28.1. The van der Waals surface area contributed by atoms with Crippen molar-refractivity contribution in [3.63, 3.8) is 0 Å². The van der Waals surface area contributed by atoms with Crippen LogP contribution in [-0.4, -0.2) is 112 Å². The smallest absolute Gasteiger partial charge is 0.407 e. The van der Waals surface area contributed by atoms with Crippen molar-refractivity contribution in [1.82, 2.24) is 36.6 Å². The number of ether oxygens (including phenoxy) is 1. The number of guanidine groups is 1. The van der Waals surface area contributed by atoms with Gasteiger partial charge < -0.3 is 58.0 Å². The fraction of sp³-hybridized carbons (Fsp3) is 0.410. The quantitative estimate of drug-likeness (QED) is 0.0366. The van der Waals surface area contributed by atoms with Gasteiger partial charge in [0.05, 0.1) is 12.7 Å². The van der Waals surface area contributed by atoms with Crippen LogP contribution in [0.3, 0.4) is 0 Å². The van der Waals surface area contributed by atoms with Gasteiger partial charge in [-0.15, -0.1) is 0 Å². The molecule has 59 heavy (non-hydrogen) atoms. The lowest BCUT2D eigenvalue weighted by Crippen LogP contribution is -2.59. The highest BCUT2D eigenvalue weighted by molar-refractivity contribution is 5.96. The minimum Gasteiger partial charge on any atom is -0.481 e. The number of rotatable bonds is 22. The number of alkyl carbamates (subject to hydrolysis) is 1.